The van der Waals surface area contributed by atoms with E-state index < -0.39 is 0 Å². The summed E-state index contributed by atoms with van der Waals surface area (Å²) in [6, 6.07) is 0.516. The van der Waals surface area contributed by atoms with Crippen LogP contribution in [0.3, 0.4) is 0 Å². The minimum Gasteiger partial charge on any atom is -0.387 e. The monoisotopic (exact) mass is 185 g/mol. The van der Waals surface area contributed by atoms with Crippen molar-refractivity contribution < 1.29 is 4.74 Å². The number of nitrogens with zero attached hydrogens (tertiary/aromatic N) is 1. The quantitative estimate of drug-likeness (QED) is 0.488. The van der Waals surface area contributed by atoms with Crippen LogP contribution in [-0.4, -0.2) is 43.6 Å². The highest BCUT2D eigenvalue weighted by Crippen LogP contribution is 2.11. The Morgan fingerprint density at radius 3 is 2.92 bits per heavy atom. The lowest BCUT2D eigenvalue weighted by molar-refractivity contribution is 0.156. The first-order valence-corrected chi connectivity index (χ1v) is 4.73. The minimum atomic E-state index is 0.144. The lowest BCUT2D eigenvalue weighted by Crippen LogP contribution is -2.38. The summed E-state index contributed by atoms with van der Waals surface area (Å²) in [7, 11) is 2.07. The molecule has 1 aliphatic rings. The van der Waals surface area contributed by atoms with Crippen molar-refractivity contribution in [3.8, 4) is 0 Å². The van der Waals surface area contributed by atoms with Crippen molar-refractivity contribution in [1.82, 2.24) is 4.90 Å². The molecule has 1 heterocycles. The van der Waals surface area contributed by atoms with Crippen LogP contribution >= 0.6 is 0 Å². The van der Waals surface area contributed by atoms with Gasteiger partial charge in [-0.3, -0.25) is 5.41 Å². The highest BCUT2D eigenvalue weighted by molar-refractivity contribution is 5.79. The maximum Gasteiger partial charge on any atom is 0.0947 e. The second-order valence-corrected chi connectivity index (χ2v) is 3.81. The fraction of sp³-hybridized carbons (Fsp3) is 0.889. The molecule has 0 aromatic heterocycles. The van der Waals surface area contributed by atoms with Gasteiger partial charge in [-0.2, -0.15) is 0 Å². The molecule has 1 fully saturated rings. The topological polar surface area (TPSA) is 62.3 Å². The van der Waals surface area contributed by atoms with Gasteiger partial charge in [-0.25, -0.2) is 0 Å². The van der Waals surface area contributed by atoms with Crippen molar-refractivity contribution in [2.24, 2.45) is 11.7 Å². The summed E-state index contributed by atoms with van der Waals surface area (Å²) < 4.78 is 5.29. The molecule has 0 aromatic rings. The molecule has 2 unspecified atom stereocenters. The Balaban J connectivity index is 2.30. The molecule has 1 aliphatic heterocycles. The smallest absolute Gasteiger partial charge is 0.0947 e. The SMILES string of the molecule is CC(CN(C)C1CCOC1)C(=N)N. The first-order valence-electron chi connectivity index (χ1n) is 4.73. The summed E-state index contributed by atoms with van der Waals surface area (Å²) >= 11 is 0. The molecule has 2 atom stereocenters. The highest BCUT2D eigenvalue weighted by atomic mass is 16.5. The Morgan fingerprint density at radius 1 is 1.77 bits per heavy atom. The largest absolute Gasteiger partial charge is 0.387 e. The van der Waals surface area contributed by atoms with Gasteiger partial charge in [0.25, 0.3) is 0 Å². The Morgan fingerprint density at radius 2 is 2.46 bits per heavy atom. The standard InChI is InChI=1S/C9H19N3O/c1-7(9(10)11)5-12(2)8-3-4-13-6-8/h7-8H,3-6H2,1-2H3,(H3,10,11). The van der Waals surface area contributed by atoms with Crippen molar-refractivity contribution in [3.05, 3.63) is 0 Å². The van der Waals surface area contributed by atoms with Gasteiger partial charge in [0.1, 0.15) is 0 Å². The summed E-state index contributed by atoms with van der Waals surface area (Å²) in [5, 5.41) is 7.28. The molecular formula is C9H19N3O. The molecular weight excluding hydrogens is 166 g/mol. The van der Waals surface area contributed by atoms with Crippen LogP contribution in [0.2, 0.25) is 0 Å². The number of hydrogen-bond acceptors (Lipinski definition) is 3. The van der Waals surface area contributed by atoms with Crippen LogP contribution in [0.15, 0.2) is 0 Å². The molecule has 0 aromatic carbocycles. The Hall–Kier alpha value is -0.610. The predicted octanol–water partition coefficient (Wildman–Crippen LogP) is 0.279. The van der Waals surface area contributed by atoms with Gasteiger partial charge in [-0.05, 0) is 13.5 Å². The molecule has 1 saturated heterocycles. The molecule has 76 valence electrons. The maximum absolute atomic E-state index is 7.28. The predicted molar refractivity (Wildman–Crippen MR) is 52.9 cm³/mol. The molecule has 13 heavy (non-hydrogen) atoms. The zero-order valence-electron chi connectivity index (χ0n) is 8.42. The van der Waals surface area contributed by atoms with E-state index in [2.05, 4.69) is 11.9 Å². The third-order valence-corrected chi connectivity index (χ3v) is 2.62. The molecule has 1 rings (SSSR count). The Kier molecular flexibility index (Phi) is 3.69. The van der Waals surface area contributed by atoms with Gasteiger partial charge in [0, 0.05) is 25.1 Å². The Labute approximate surface area is 79.6 Å². The average Bonchev–Trinajstić information content (AvgIpc) is 2.55. The number of rotatable bonds is 4. The molecule has 0 saturated carbocycles. The van der Waals surface area contributed by atoms with E-state index in [-0.39, 0.29) is 11.8 Å². The number of amidine groups is 1. The summed E-state index contributed by atoms with van der Waals surface area (Å²) in [4.78, 5) is 2.24. The van der Waals surface area contributed by atoms with Crippen molar-refractivity contribution in [1.29, 1.82) is 5.41 Å². The number of ether oxygens (including phenoxy) is 1. The number of likely N-dealkylation sites (N-methyl/N-ethyl adjacent to an activating group) is 1. The summed E-state index contributed by atoms with van der Waals surface area (Å²) in [5.41, 5.74) is 5.41. The average molecular weight is 185 g/mol. The second kappa shape index (κ2) is 4.58. The van der Waals surface area contributed by atoms with Gasteiger partial charge < -0.3 is 15.4 Å². The fourth-order valence-electron chi connectivity index (χ4n) is 1.55. The van der Waals surface area contributed by atoms with E-state index in [1.165, 1.54) is 0 Å². The van der Waals surface area contributed by atoms with E-state index in [4.69, 9.17) is 15.9 Å². The van der Waals surface area contributed by atoms with Crippen LogP contribution < -0.4 is 5.73 Å². The molecule has 0 radical (unpaired) electrons. The van der Waals surface area contributed by atoms with Crippen LogP contribution in [0.4, 0.5) is 0 Å². The molecule has 0 amide bonds. The van der Waals surface area contributed by atoms with Gasteiger partial charge in [0.05, 0.1) is 12.4 Å². The second-order valence-electron chi connectivity index (χ2n) is 3.81. The van der Waals surface area contributed by atoms with E-state index in [9.17, 15) is 0 Å². The van der Waals surface area contributed by atoms with Gasteiger partial charge in [-0.1, -0.05) is 6.92 Å². The first kappa shape index (κ1) is 10.5. The maximum atomic E-state index is 7.28. The molecule has 0 aliphatic carbocycles. The van der Waals surface area contributed by atoms with E-state index in [0.29, 0.717) is 6.04 Å². The van der Waals surface area contributed by atoms with Crippen LogP contribution in [0.25, 0.3) is 0 Å². The molecule has 0 bridgehead atoms. The highest BCUT2D eigenvalue weighted by Gasteiger charge is 2.21. The van der Waals surface area contributed by atoms with Crippen molar-refractivity contribution in [3.63, 3.8) is 0 Å². The summed E-state index contributed by atoms with van der Waals surface area (Å²) in [5.74, 6) is 0.413. The van der Waals surface area contributed by atoms with Crippen LogP contribution in [0, 0.1) is 11.3 Å². The van der Waals surface area contributed by atoms with Crippen molar-refractivity contribution >= 4 is 5.84 Å². The molecule has 4 nitrogen and oxygen atoms in total. The first-order chi connectivity index (χ1) is 6.11. The molecule has 4 heteroatoms. The Bertz CT molecular complexity index is 178. The van der Waals surface area contributed by atoms with Gasteiger partial charge in [0.2, 0.25) is 0 Å². The van der Waals surface area contributed by atoms with E-state index >= 15 is 0 Å². The van der Waals surface area contributed by atoms with Crippen LogP contribution in [0.5, 0.6) is 0 Å². The van der Waals surface area contributed by atoms with E-state index in [1.54, 1.807) is 0 Å². The number of nitrogens with one attached hydrogen (secondary N) is 1. The van der Waals surface area contributed by atoms with Gasteiger partial charge >= 0.3 is 0 Å². The van der Waals surface area contributed by atoms with Gasteiger partial charge in [-0.15, -0.1) is 0 Å². The van der Waals surface area contributed by atoms with Crippen LogP contribution in [0.1, 0.15) is 13.3 Å². The van der Waals surface area contributed by atoms with Crippen molar-refractivity contribution in [2.75, 3.05) is 26.8 Å². The number of hydrogen-bond donors (Lipinski definition) is 2. The van der Waals surface area contributed by atoms with E-state index in [1.807, 2.05) is 6.92 Å². The number of nitrogens with two attached hydrogens (primary N) is 1. The summed E-state index contributed by atoms with van der Waals surface area (Å²) in [6.45, 7) is 4.52. The fourth-order valence-corrected chi connectivity index (χ4v) is 1.55. The van der Waals surface area contributed by atoms with E-state index in [0.717, 1.165) is 26.2 Å². The van der Waals surface area contributed by atoms with Crippen molar-refractivity contribution in [2.45, 2.75) is 19.4 Å². The van der Waals surface area contributed by atoms with Gasteiger partial charge in [0.15, 0.2) is 0 Å². The lowest BCUT2D eigenvalue weighted by Gasteiger charge is -2.25. The minimum absolute atomic E-state index is 0.144. The molecule has 0 spiro atoms. The summed E-state index contributed by atoms with van der Waals surface area (Å²) in [6.07, 6.45) is 1.10. The normalized spacial score (nSPS) is 25.0. The molecule has 3 N–H and O–H groups in total. The van der Waals surface area contributed by atoms with Crippen LogP contribution in [-0.2, 0) is 4.74 Å². The third kappa shape index (κ3) is 2.97. The third-order valence-electron chi connectivity index (χ3n) is 2.62. The zero-order valence-corrected chi connectivity index (χ0v) is 8.42. The lowest BCUT2D eigenvalue weighted by atomic mass is 10.1. The zero-order chi connectivity index (χ0) is 9.84.